The summed E-state index contributed by atoms with van der Waals surface area (Å²) in [6.45, 7) is 2.79. The molecule has 142 valence electrons. The average Bonchev–Trinajstić information content (AvgIpc) is 3.31. The fourth-order valence-electron chi connectivity index (χ4n) is 3.48. The summed E-state index contributed by atoms with van der Waals surface area (Å²) in [6, 6.07) is 16.5. The highest BCUT2D eigenvalue weighted by molar-refractivity contribution is 5.90. The molecule has 0 spiro atoms. The molecule has 0 aliphatic rings. The van der Waals surface area contributed by atoms with Gasteiger partial charge in [-0.05, 0) is 42.5 Å². The molecule has 0 atom stereocenters. The quantitative estimate of drug-likeness (QED) is 0.495. The summed E-state index contributed by atoms with van der Waals surface area (Å²) in [5.41, 5.74) is 5.60. The number of nitrogens with one attached hydrogen (secondary N) is 2. The van der Waals surface area contributed by atoms with Gasteiger partial charge in [0.25, 0.3) is 0 Å². The van der Waals surface area contributed by atoms with E-state index >= 15 is 0 Å². The summed E-state index contributed by atoms with van der Waals surface area (Å²) in [4.78, 5) is 15.6. The summed E-state index contributed by atoms with van der Waals surface area (Å²) in [5, 5.41) is 8.54. The van der Waals surface area contributed by atoms with Gasteiger partial charge in [0.05, 0.1) is 18.4 Å². The third-order valence-electron chi connectivity index (χ3n) is 5.04. The van der Waals surface area contributed by atoms with Gasteiger partial charge >= 0.3 is 0 Å². The van der Waals surface area contributed by atoms with Crippen LogP contribution in [-0.2, 0) is 17.8 Å². The lowest BCUT2D eigenvalue weighted by Crippen LogP contribution is -2.11. The number of hydrogen-bond donors (Lipinski definition) is 2. The van der Waals surface area contributed by atoms with Gasteiger partial charge in [-0.1, -0.05) is 42.5 Å². The number of para-hydroxylation sites is 1. The van der Waals surface area contributed by atoms with Crippen LogP contribution in [0.15, 0.2) is 67.1 Å². The summed E-state index contributed by atoms with van der Waals surface area (Å²) < 4.78 is 1.85. The molecule has 0 saturated carbocycles. The van der Waals surface area contributed by atoms with Gasteiger partial charge in [0, 0.05) is 29.7 Å². The van der Waals surface area contributed by atoms with Gasteiger partial charge in [-0.2, -0.15) is 5.10 Å². The number of amides is 1. The molecule has 1 amide bonds. The largest absolute Gasteiger partial charge is 0.361 e. The van der Waals surface area contributed by atoms with Crippen LogP contribution in [-0.4, -0.2) is 20.7 Å². The van der Waals surface area contributed by atoms with Crippen molar-refractivity contribution in [3.8, 4) is 0 Å². The maximum absolute atomic E-state index is 12.3. The highest BCUT2D eigenvalue weighted by atomic mass is 16.1. The van der Waals surface area contributed by atoms with E-state index in [0.717, 1.165) is 24.0 Å². The van der Waals surface area contributed by atoms with Crippen LogP contribution in [0.25, 0.3) is 10.9 Å². The molecule has 0 radical (unpaired) electrons. The number of rotatable bonds is 7. The predicted octanol–water partition coefficient (Wildman–Crippen LogP) is 4.68. The number of aromatic amines is 1. The van der Waals surface area contributed by atoms with Crippen LogP contribution in [0.3, 0.4) is 0 Å². The van der Waals surface area contributed by atoms with Crippen LogP contribution in [0.4, 0.5) is 5.69 Å². The Kier molecular flexibility index (Phi) is 5.24. The van der Waals surface area contributed by atoms with Gasteiger partial charge in [0.1, 0.15) is 0 Å². The van der Waals surface area contributed by atoms with E-state index in [9.17, 15) is 4.79 Å². The first-order valence-corrected chi connectivity index (χ1v) is 9.61. The van der Waals surface area contributed by atoms with Gasteiger partial charge in [0.2, 0.25) is 5.91 Å². The summed E-state index contributed by atoms with van der Waals surface area (Å²) in [7, 11) is 0. The SMILES string of the molecule is Cc1ccccc1Cn1cc(NC(=O)CCCc2c[nH]c3ccccc23)cn1. The molecular weight excluding hydrogens is 348 g/mol. The number of H-pyrrole nitrogens is 1. The zero-order chi connectivity index (χ0) is 19.3. The molecule has 2 N–H and O–H groups in total. The normalized spacial score (nSPS) is 11.0. The monoisotopic (exact) mass is 372 g/mol. The number of aromatic nitrogens is 3. The molecule has 0 fully saturated rings. The minimum absolute atomic E-state index is 0.0234. The molecule has 2 aromatic carbocycles. The lowest BCUT2D eigenvalue weighted by atomic mass is 10.1. The molecule has 5 nitrogen and oxygen atoms in total. The Morgan fingerprint density at radius 2 is 1.93 bits per heavy atom. The van der Waals surface area contributed by atoms with E-state index in [-0.39, 0.29) is 5.91 Å². The van der Waals surface area contributed by atoms with E-state index in [2.05, 4.69) is 46.6 Å². The summed E-state index contributed by atoms with van der Waals surface area (Å²) in [6.07, 6.45) is 7.80. The molecule has 0 saturated heterocycles. The molecule has 0 aliphatic heterocycles. The summed E-state index contributed by atoms with van der Waals surface area (Å²) >= 11 is 0. The Labute approximate surface area is 164 Å². The maximum Gasteiger partial charge on any atom is 0.224 e. The standard InChI is InChI=1S/C23H24N4O/c1-17-7-2-3-8-19(17)15-27-16-20(14-25-27)26-23(28)12-6-9-18-13-24-22-11-5-4-10-21(18)22/h2-5,7-8,10-11,13-14,16,24H,6,9,12,15H2,1H3,(H,26,28). The van der Waals surface area contributed by atoms with Gasteiger partial charge in [0.15, 0.2) is 0 Å². The highest BCUT2D eigenvalue weighted by Crippen LogP contribution is 2.19. The number of anilines is 1. The Morgan fingerprint density at radius 3 is 2.82 bits per heavy atom. The van der Waals surface area contributed by atoms with E-state index in [4.69, 9.17) is 0 Å². The number of aryl methyl sites for hydroxylation is 2. The number of hydrogen-bond acceptors (Lipinski definition) is 2. The molecule has 28 heavy (non-hydrogen) atoms. The lowest BCUT2D eigenvalue weighted by molar-refractivity contribution is -0.116. The molecule has 2 heterocycles. The lowest BCUT2D eigenvalue weighted by Gasteiger charge is -2.05. The summed E-state index contributed by atoms with van der Waals surface area (Å²) in [5.74, 6) is 0.0234. The van der Waals surface area contributed by atoms with Crippen molar-refractivity contribution in [1.82, 2.24) is 14.8 Å². The topological polar surface area (TPSA) is 62.7 Å². The smallest absolute Gasteiger partial charge is 0.224 e. The minimum atomic E-state index is 0.0234. The Balaban J connectivity index is 1.28. The van der Waals surface area contributed by atoms with Crippen LogP contribution >= 0.6 is 0 Å². The van der Waals surface area contributed by atoms with Crippen molar-refractivity contribution in [2.75, 3.05) is 5.32 Å². The predicted molar refractivity (Wildman–Crippen MR) is 112 cm³/mol. The zero-order valence-corrected chi connectivity index (χ0v) is 16.0. The molecule has 0 unspecified atom stereocenters. The third kappa shape index (κ3) is 4.14. The second-order valence-electron chi connectivity index (χ2n) is 7.11. The zero-order valence-electron chi connectivity index (χ0n) is 16.0. The first kappa shape index (κ1) is 18.0. The van der Waals surface area contributed by atoms with Crippen molar-refractivity contribution in [3.05, 3.63) is 83.8 Å². The highest BCUT2D eigenvalue weighted by Gasteiger charge is 2.08. The average molecular weight is 372 g/mol. The van der Waals surface area contributed by atoms with Crippen molar-refractivity contribution in [1.29, 1.82) is 0 Å². The van der Waals surface area contributed by atoms with Crippen LogP contribution < -0.4 is 5.32 Å². The van der Waals surface area contributed by atoms with E-state index in [1.807, 2.05) is 41.3 Å². The van der Waals surface area contributed by atoms with Crippen LogP contribution in [0.1, 0.15) is 29.5 Å². The molecule has 4 aromatic rings. The molecule has 4 rings (SSSR count). The van der Waals surface area contributed by atoms with E-state index < -0.39 is 0 Å². The number of carbonyl (C=O) groups excluding carboxylic acids is 1. The van der Waals surface area contributed by atoms with E-state index in [1.54, 1.807) is 6.20 Å². The first-order valence-electron chi connectivity index (χ1n) is 9.61. The van der Waals surface area contributed by atoms with Gasteiger partial charge in [-0.15, -0.1) is 0 Å². The number of benzene rings is 2. The Morgan fingerprint density at radius 1 is 1.11 bits per heavy atom. The second-order valence-corrected chi connectivity index (χ2v) is 7.11. The third-order valence-corrected chi connectivity index (χ3v) is 5.04. The van der Waals surface area contributed by atoms with Crippen molar-refractivity contribution in [2.45, 2.75) is 32.7 Å². The van der Waals surface area contributed by atoms with E-state index in [0.29, 0.717) is 13.0 Å². The van der Waals surface area contributed by atoms with Gasteiger partial charge < -0.3 is 10.3 Å². The number of carbonyl (C=O) groups is 1. The van der Waals surface area contributed by atoms with Crippen LogP contribution in [0.5, 0.6) is 0 Å². The van der Waals surface area contributed by atoms with Crippen LogP contribution in [0.2, 0.25) is 0 Å². The fourth-order valence-corrected chi connectivity index (χ4v) is 3.48. The van der Waals surface area contributed by atoms with Crippen molar-refractivity contribution in [2.24, 2.45) is 0 Å². The van der Waals surface area contributed by atoms with Crippen LogP contribution in [0, 0.1) is 6.92 Å². The maximum atomic E-state index is 12.3. The van der Waals surface area contributed by atoms with Crippen molar-refractivity contribution >= 4 is 22.5 Å². The van der Waals surface area contributed by atoms with E-state index in [1.165, 1.54) is 22.1 Å². The number of fused-ring (bicyclic) bond motifs is 1. The van der Waals surface area contributed by atoms with Gasteiger partial charge in [-0.25, -0.2) is 0 Å². The molecule has 2 aromatic heterocycles. The molecular formula is C23H24N4O. The Bertz CT molecular complexity index is 1090. The van der Waals surface area contributed by atoms with Crippen molar-refractivity contribution < 1.29 is 4.79 Å². The Hall–Kier alpha value is -3.34. The first-order chi connectivity index (χ1) is 13.7. The molecule has 5 heteroatoms. The van der Waals surface area contributed by atoms with Gasteiger partial charge in [-0.3, -0.25) is 9.48 Å². The fraction of sp³-hybridized carbons (Fsp3) is 0.217. The minimum Gasteiger partial charge on any atom is -0.361 e. The number of nitrogens with zero attached hydrogens (tertiary/aromatic N) is 2. The second kappa shape index (κ2) is 8.13. The van der Waals surface area contributed by atoms with Crippen molar-refractivity contribution in [3.63, 3.8) is 0 Å². The molecule has 0 aliphatic carbocycles. The molecule has 0 bridgehead atoms.